The minimum Gasteiger partial charge on any atom is -0.445 e. The summed E-state index contributed by atoms with van der Waals surface area (Å²) in [6.45, 7) is 5.75. The van der Waals surface area contributed by atoms with Gasteiger partial charge in [0.1, 0.15) is 5.76 Å². The van der Waals surface area contributed by atoms with Gasteiger partial charge in [0, 0.05) is 25.7 Å². The third-order valence-corrected chi connectivity index (χ3v) is 3.49. The van der Waals surface area contributed by atoms with Crippen molar-refractivity contribution in [3.8, 4) is 0 Å². The first-order chi connectivity index (χ1) is 9.31. The number of hydrogen-bond donors (Lipinski definition) is 1. The van der Waals surface area contributed by atoms with Gasteiger partial charge in [-0.05, 0) is 12.5 Å². The number of aryl methyl sites for hydroxylation is 1. The molecule has 2 aromatic rings. The van der Waals surface area contributed by atoms with E-state index in [2.05, 4.69) is 45.5 Å². The summed E-state index contributed by atoms with van der Waals surface area (Å²) in [5.74, 6) is 1.69. The van der Waals surface area contributed by atoms with Crippen molar-refractivity contribution in [2.45, 2.75) is 19.5 Å². The van der Waals surface area contributed by atoms with E-state index in [1.54, 1.807) is 6.20 Å². The average molecular weight is 257 g/mol. The van der Waals surface area contributed by atoms with Gasteiger partial charge < -0.3 is 9.73 Å². The quantitative estimate of drug-likeness (QED) is 0.914. The fourth-order valence-corrected chi connectivity index (χ4v) is 2.53. The Labute approximate surface area is 113 Å². The van der Waals surface area contributed by atoms with Crippen molar-refractivity contribution in [1.82, 2.24) is 15.2 Å². The Kier molecular flexibility index (Phi) is 3.62. The number of hydrogen-bond acceptors (Lipinski definition) is 4. The molecule has 1 aliphatic rings. The van der Waals surface area contributed by atoms with E-state index in [1.807, 2.05) is 6.92 Å². The zero-order valence-corrected chi connectivity index (χ0v) is 11.2. The smallest absolute Gasteiger partial charge is 0.208 e. The highest BCUT2D eigenvalue weighted by atomic mass is 16.4. The fourth-order valence-electron chi connectivity index (χ4n) is 2.53. The van der Waals surface area contributed by atoms with Crippen molar-refractivity contribution >= 4 is 0 Å². The maximum absolute atomic E-state index is 5.55. The molecule has 1 fully saturated rings. The Morgan fingerprint density at radius 1 is 1.37 bits per heavy atom. The molecule has 19 heavy (non-hydrogen) atoms. The van der Waals surface area contributed by atoms with Gasteiger partial charge in [0.15, 0.2) is 0 Å². The van der Waals surface area contributed by atoms with Crippen molar-refractivity contribution in [3.63, 3.8) is 0 Å². The van der Waals surface area contributed by atoms with Crippen molar-refractivity contribution in [2.75, 3.05) is 19.6 Å². The lowest BCUT2D eigenvalue weighted by atomic mass is 10.0. The molecule has 1 saturated heterocycles. The van der Waals surface area contributed by atoms with Crippen LogP contribution in [0.4, 0.5) is 0 Å². The maximum Gasteiger partial charge on any atom is 0.208 e. The molecule has 1 aromatic carbocycles. The molecule has 100 valence electrons. The number of nitrogens with one attached hydrogen (secondary N) is 1. The molecule has 1 aliphatic heterocycles. The first-order valence-corrected chi connectivity index (χ1v) is 6.73. The molecule has 3 rings (SSSR count). The predicted molar refractivity (Wildman–Crippen MR) is 73.7 cm³/mol. The lowest BCUT2D eigenvalue weighted by molar-refractivity contribution is 0.177. The Hall–Kier alpha value is -1.65. The Morgan fingerprint density at radius 2 is 2.21 bits per heavy atom. The van der Waals surface area contributed by atoms with Gasteiger partial charge in [-0.1, -0.05) is 30.3 Å². The number of rotatable bonds is 3. The minimum atomic E-state index is 0.394. The molecule has 4 heteroatoms. The van der Waals surface area contributed by atoms with E-state index in [9.17, 15) is 0 Å². The van der Waals surface area contributed by atoms with Gasteiger partial charge in [0.25, 0.3) is 0 Å². The van der Waals surface area contributed by atoms with Crippen LogP contribution in [0.25, 0.3) is 0 Å². The highest BCUT2D eigenvalue weighted by Gasteiger charge is 2.21. The number of oxazole rings is 1. The van der Waals surface area contributed by atoms with Gasteiger partial charge in [-0.25, -0.2) is 4.98 Å². The maximum atomic E-state index is 5.55. The SMILES string of the molecule is Cc1cnc(CN2CCNC(c3ccccc3)C2)o1. The lowest BCUT2D eigenvalue weighted by Gasteiger charge is -2.33. The molecule has 1 atom stereocenters. The predicted octanol–water partition coefficient (Wildman–Crippen LogP) is 2.13. The monoisotopic (exact) mass is 257 g/mol. The van der Waals surface area contributed by atoms with Crippen molar-refractivity contribution in [1.29, 1.82) is 0 Å². The average Bonchev–Trinajstić information content (AvgIpc) is 2.85. The van der Waals surface area contributed by atoms with Crippen LogP contribution in [-0.2, 0) is 6.54 Å². The van der Waals surface area contributed by atoms with Crippen LogP contribution in [0, 0.1) is 6.92 Å². The van der Waals surface area contributed by atoms with Crippen LogP contribution in [-0.4, -0.2) is 29.5 Å². The van der Waals surface area contributed by atoms with E-state index >= 15 is 0 Å². The molecule has 1 N–H and O–H groups in total. The number of nitrogens with zero attached hydrogens (tertiary/aromatic N) is 2. The lowest BCUT2D eigenvalue weighted by Crippen LogP contribution is -2.45. The Morgan fingerprint density at radius 3 is 2.95 bits per heavy atom. The second-order valence-electron chi connectivity index (χ2n) is 5.02. The van der Waals surface area contributed by atoms with Gasteiger partial charge >= 0.3 is 0 Å². The molecular weight excluding hydrogens is 238 g/mol. The van der Waals surface area contributed by atoms with Crippen molar-refractivity contribution in [2.24, 2.45) is 0 Å². The third kappa shape index (κ3) is 3.03. The zero-order valence-electron chi connectivity index (χ0n) is 11.2. The summed E-state index contributed by atoms with van der Waals surface area (Å²) >= 11 is 0. The molecule has 1 aromatic heterocycles. The molecule has 1 unspecified atom stereocenters. The number of benzene rings is 1. The van der Waals surface area contributed by atoms with E-state index in [-0.39, 0.29) is 0 Å². The first kappa shape index (κ1) is 12.4. The highest BCUT2D eigenvalue weighted by molar-refractivity contribution is 5.19. The largest absolute Gasteiger partial charge is 0.445 e. The second-order valence-corrected chi connectivity index (χ2v) is 5.02. The third-order valence-electron chi connectivity index (χ3n) is 3.49. The minimum absolute atomic E-state index is 0.394. The number of piperazine rings is 1. The topological polar surface area (TPSA) is 41.3 Å². The molecule has 0 bridgehead atoms. The van der Waals surface area contributed by atoms with Crippen LogP contribution in [0.5, 0.6) is 0 Å². The van der Waals surface area contributed by atoms with Crippen LogP contribution in [0.2, 0.25) is 0 Å². The summed E-state index contributed by atoms with van der Waals surface area (Å²) in [5.41, 5.74) is 1.34. The van der Waals surface area contributed by atoms with E-state index in [1.165, 1.54) is 5.56 Å². The van der Waals surface area contributed by atoms with Crippen molar-refractivity contribution < 1.29 is 4.42 Å². The zero-order chi connectivity index (χ0) is 13.1. The summed E-state index contributed by atoms with van der Waals surface area (Å²) in [5, 5.41) is 3.56. The van der Waals surface area contributed by atoms with Gasteiger partial charge in [-0.15, -0.1) is 0 Å². The molecule has 0 radical (unpaired) electrons. The van der Waals surface area contributed by atoms with Gasteiger partial charge in [-0.2, -0.15) is 0 Å². The summed E-state index contributed by atoms with van der Waals surface area (Å²) in [4.78, 5) is 6.67. The molecule has 0 aliphatic carbocycles. The molecule has 0 saturated carbocycles. The van der Waals surface area contributed by atoms with Crippen molar-refractivity contribution in [3.05, 3.63) is 53.7 Å². The molecule has 0 amide bonds. The van der Waals surface area contributed by atoms with Crippen LogP contribution >= 0.6 is 0 Å². The van der Waals surface area contributed by atoms with Crippen LogP contribution in [0.3, 0.4) is 0 Å². The van der Waals surface area contributed by atoms with E-state index < -0.39 is 0 Å². The molecular formula is C15H19N3O. The number of aromatic nitrogens is 1. The standard InChI is InChI=1S/C15H19N3O/c1-12-9-17-15(19-12)11-18-8-7-16-14(10-18)13-5-3-2-4-6-13/h2-6,9,14,16H,7-8,10-11H2,1H3. The van der Waals surface area contributed by atoms with Crippen LogP contribution in [0.15, 0.2) is 40.9 Å². The summed E-state index contributed by atoms with van der Waals surface area (Å²) in [7, 11) is 0. The first-order valence-electron chi connectivity index (χ1n) is 6.73. The van der Waals surface area contributed by atoms with Gasteiger partial charge in [0.2, 0.25) is 5.89 Å². The Balaban J connectivity index is 1.65. The second kappa shape index (κ2) is 5.55. The fraction of sp³-hybridized carbons (Fsp3) is 0.400. The normalized spacial score (nSPS) is 20.6. The summed E-state index contributed by atoms with van der Waals surface area (Å²) in [6, 6.07) is 11.0. The van der Waals surface area contributed by atoms with Gasteiger partial charge in [-0.3, -0.25) is 4.90 Å². The van der Waals surface area contributed by atoms with E-state index in [0.29, 0.717) is 6.04 Å². The summed E-state index contributed by atoms with van der Waals surface area (Å²) in [6.07, 6.45) is 1.78. The molecule has 0 spiro atoms. The Bertz CT molecular complexity index is 523. The van der Waals surface area contributed by atoms with Crippen LogP contribution < -0.4 is 5.32 Å². The molecule has 2 heterocycles. The van der Waals surface area contributed by atoms with E-state index in [4.69, 9.17) is 4.42 Å². The highest BCUT2D eigenvalue weighted by Crippen LogP contribution is 2.18. The van der Waals surface area contributed by atoms with Gasteiger partial charge in [0.05, 0.1) is 12.7 Å². The van der Waals surface area contributed by atoms with E-state index in [0.717, 1.165) is 37.8 Å². The molecule has 4 nitrogen and oxygen atoms in total. The summed E-state index contributed by atoms with van der Waals surface area (Å²) < 4.78 is 5.55. The van der Waals surface area contributed by atoms with Crippen LogP contribution in [0.1, 0.15) is 23.3 Å².